The Morgan fingerprint density at radius 3 is 1.05 bits per heavy atom. The SMILES string of the molecule is [Ag].c1ccc2n[nH]nc2c1.c1ccc2n[nH]nc2c1. The number of benzene rings is 2. The first kappa shape index (κ1) is 13.4. The number of H-pyrrole nitrogens is 2. The topological polar surface area (TPSA) is 83.1 Å². The van der Waals surface area contributed by atoms with Gasteiger partial charge in [-0.05, 0) is 24.3 Å². The molecule has 0 amide bonds. The molecule has 2 N–H and O–H groups in total. The van der Waals surface area contributed by atoms with Crippen LogP contribution in [0.4, 0.5) is 0 Å². The van der Waals surface area contributed by atoms with Gasteiger partial charge in [0, 0.05) is 22.4 Å². The number of nitrogens with zero attached hydrogens (tertiary/aromatic N) is 4. The molecule has 0 spiro atoms. The minimum absolute atomic E-state index is 0. The molecule has 0 aliphatic carbocycles. The Kier molecular flexibility index (Phi) is 4.40. The Morgan fingerprint density at radius 1 is 0.526 bits per heavy atom. The third kappa shape index (κ3) is 3.05. The van der Waals surface area contributed by atoms with Gasteiger partial charge in [0.15, 0.2) is 0 Å². The third-order valence-corrected chi connectivity index (χ3v) is 2.45. The molecule has 0 fully saturated rings. The van der Waals surface area contributed by atoms with Crippen LogP contribution >= 0.6 is 0 Å². The van der Waals surface area contributed by atoms with Crippen LogP contribution in [-0.4, -0.2) is 30.8 Å². The van der Waals surface area contributed by atoms with Crippen molar-refractivity contribution >= 4 is 22.1 Å². The normalized spacial score (nSPS) is 9.68. The second-order valence-corrected chi connectivity index (χ2v) is 3.62. The number of hydrogen-bond acceptors (Lipinski definition) is 4. The summed E-state index contributed by atoms with van der Waals surface area (Å²) in [6.45, 7) is 0. The summed E-state index contributed by atoms with van der Waals surface area (Å²) in [5.41, 5.74) is 3.66. The molecule has 7 heteroatoms. The van der Waals surface area contributed by atoms with Crippen LogP contribution < -0.4 is 0 Å². The minimum atomic E-state index is 0. The second-order valence-electron chi connectivity index (χ2n) is 3.62. The van der Waals surface area contributed by atoms with E-state index in [9.17, 15) is 0 Å². The van der Waals surface area contributed by atoms with Crippen molar-refractivity contribution in [1.29, 1.82) is 0 Å². The van der Waals surface area contributed by atoms with Gasteiger partial charge in [0.05, 0.1) is 0 Å². The van der Waals surface area contributed by atoms with Gasteiger partial charge < -0.3 is 0 Å². The van der Waals surface area contributed by atoms with Gasteiger partial charge in [-0.2, -0.15) is 30.8 Å². The van der Waals surface area contributed by atoms with E-state index >= 15 is 0 Å². The van der Waals surface area contributed by atoms with Crippen LogP contribution in [0.5, 0.6) is 0 Å². The second kappa shape index (κ2) is 6.24. The van der Waals surface area contributed by atoms with Gasteiger partial charge in [-0.25, -0.2) is 0 Å². The average molecular weight is 346 g/mol. The molecule has 2 aromatic heterocycles. The maximum atomic E-state index is 3.88. The number of hydrogen-bond donors (Lipinski definition) is 2. The zero-order chi connectivity index (χ0) is 12.2. The first-order valence-corrected chi connectivity index (χ1v) is 5.44. The van der Waals surface area contributed by atoms with E-state index < -0.39 is 0 Å². The van der Waals surface area contributed by atoms with Crippen LogP contribution in [0, 0.1) is 0 Å². The van der Waals surface area contributed by atoms with Crippen LogP contribution in [0.1, 0.15) is 0 Å². The van der Waals surface area contributed by atoms with Gasteiger partial charge in [0.1, 0.15) is 22.1 Å². The molecule has 99 valence electrons. The number of aromatic amines is 2. The first-order valence-electron chi connectivity index (χ1n) is 5.44. The van der Waals surface area contributed by atoms with Crippen LogP contribution in [0.2, 0.25) is 0 Å². The molecular formula is C12H10AgN6. The number of fused-ring (bicyclic) bond motifs is 2. The summed E-state index contributed by atoms with van der Waals surface area (Å²) < 4.78 is 0. The van der Waals surface area contributed by atoms with Crippen molar-refractivity contribution in [1.82, 2.24) is 30.8 Å². The van der Waals surface area contributed by atoms with Crippen molar-refractivity contribution < 1.29 is 22.4 Å². The van der Waals surface area contributed by atoms with Gasteiger partial charge in [0.2, 0.25) is 0 Å². The molecule has 4 rings (SSSR count). The van der Waals surface area contributed by atoms with Gasteiger partial charge in [-0.15, -0.1) is 0 Å². The molecule has 6 nitrogen and oxygen atoms in total. The van der Waals surface area contributed by atoms with Crippen LogP contribution in [0.25, 0.3) is 22.1 Å². The summed E-state index contributed by atoms with van der Waals surface area (Å²) in [6.07, 6.45) is 0. The van der Waals surface area contributed by atoms with E-state index in [-0.39, 0.29) is 22.4 Å². The molecule has 0 unspecified atom stereocenters. The van der Waals surface area contributed by atoms with Gasteiger partial charge in [0.25, 0.3) is 0 Å². The van der Waals surface area contributed by atoms with E-state index in [1.807, 2.05) is 48.5 Å². The zero-order valence-electron chi connectivity index (χ0n) is 9.71. The largest absolute Gasteiger partial charge is 0.197 e. The van der Waals surface area contributed by atoms with E-state index in [1.165, 1.54) is 0 Å². The predicted octanol–water partition coefficient (Wildman–Crippen LogP) is 1.91. The molecule has 1 radical (unpaired) electrons. The van der Waals surface area contributed by atoms with Gasteiger partial charge in [-0.1, -0.05) is 24.3 Å². The molecule has 2 heterocycles. The van der Waals surface area contributed by atoms with E-state index in [0.29, 0.717) is 0 Å². The Bertz CT molecular complexity index is 636. The summed E-state index contributed by atoms with van der Waals surface area (Å²) in [5, 5.41) is 20.6. The number of aromatic nitrogens is 6. The molecule has 19 heavy (non-hydrogen) atoms. The molecule has 0 aliphatic heterocycles. The van der Waals surface area contributed by atoms with Crippen molar-refractivity contribution in [2.75, 3.05) is 0 Å². The smallest absolute Gasteiger partial charge is 0.112 e. The van der Waals surface area contributed by atoms with Crippen molar-refractivity contribution in [3.8, 4) is 0 Å². The van der Waals surface area contributed by atoms with E-state index in [4.69, 9.17) is 0 Å². The van der Waals surface area contributed by atoms with Gasteiger partial charge in [-0.3, -0.25) is 0 Å². The van der Waals surface area contributed by atoms with E-state index in [0.717, 1.165) is 22.1 Å². The maximum absolute atomic E-state index is 3.88. The summed E-state index contributed by atoms with van der Waals surface area (Å²) in [4.78, 5) is 0. The Labute approximate surface area is 124 Å². The van der Waals surface area contributed by atoms with Crippen LogP contribution in [0.3, 0.4) is 0 Å². The number of nitrogens with one attached hydrogen (secondary N) is 2. The fraction of sp³-hybridized carbons (Fsp3) is 0. The van der Waals surface area contributed by atoms with Crippen molar-refractivity contribution in [2.45, 2.75) is 0 Å². The van der Waals surface area contributed by atoms with Crippen molar-refractivity contribution in [3.63, 3.8) is 0 Å². The average Bonchev–Trinajstić information content (AvgIpc) is 3.08. The van der Waals surface area contributed by atoms with Crippen LogP contribution in [-0.2, 0) is 22.4 Å². The summed E-state index contributed by atoms with van der Waals surface area (Å²) in [6, 6.07) is 15.4. The minimum Gasteiger partial charge on any atom is -0.197 e. The molecular weight excluding hydrogens is 336 g/mol. The Morgan fingerprint density at radius 2 is 0.789 bits per heavy atom. The molecule has 2 aromatic carbocycles. The summed E-state index contributed by atoms with van der Waals surface area (Å²) >= 11 is 0. The maximum Gasteiger partial charge on any atom is 0.112 e. The van der Waals surface area contributed by atoms with Crippen molar-refractivity contribution in [2.24, 2.45) is 0 Å². The fourth-order valence-electron chi connectivity index (χ4n) is 1.57. The number of para-hydroxylation sites is 4. The monoisotopic (exact) mass is 345 g/mol. The van der Waals surface area contributed by atoms with Crippen molar-refractivity contribution in [3.05, 3.63) is 48.5 Å². The van der Waals surface area contributed by atoms with E-state index in [1.54, 1.807) is 0 Å². The molecule has 0 bridgehead atoms. The summed E-state index contributed by atoms with van der Waals surface area (Å²) in [7, 11) is 0. The molecule has 0 saturated carbocycles. The zero-order valence-corrected chi connectivity index (χ0v) is 11.2. The van der Waals surface area contributed by atoms with E-state index in [2.05, 4.69) is 30.8 Å². The third-order valence-electron chi connectivity index (χ3n) is 2.45. The Balaban J connectivity index is 0.000000133. The number of rotatable bonds is 0. The van der Waals surface area contributed by atoms with Crippen LogP contribution in [0.15, 0.2) is 48.5 Å². The molecule has 0 saturated heterocycles. The standard InChI is InChI=1S/2C6H5N3.Ag/c2*1-2-4-6-5(3-1)7-9-8-6;/h2*1-4H,(H,7,8,9);. The molecule has 0 atom stereocenters. The van der Waals surface area contributed by atoms with Gasteiger partial charge >= 0.3 is 0 Å². The predicted molar refractivity (Wildman–Crippen MR) is 67.8 cm³/mol. The quantitative estimate of drug-likeness (QED) is 0.477. The molecule has 0 aliphatic rings. The Hall–Kier alpha value is -2.02. The summed E-state index contributed by atoms with van der Waals surface area (Å²) in [5.74, 6) is 0. The first-order chi connectivity index (χ1) is 8.93. The fourth-order valence-corrected chi connectivity index (χ4v) is 1.57. The molecule has 4 aromatic rings.